The minimum Gasteiger partial charge on any atom is -0.394 e. The molecule has 122 valence electrons. The molecule has 4 nitrogen and oxygen atoms in total. The Labute approximate surface area is 149 Å². The second-order valence-corrected chi connectivity index (χ2v) is 6.49. The number of aryl methyl sites for hydroxylation is 1. The molecule has 24 heavy (non-hydrogen) atoms. The highest BCUT2D eigenvalue weighted by molar-refractivity contribution is 6.36. The van der Waals surface area contributed by atoms with Crippen LogP contribution in [0.4, 0.5) is 5.69 Å². The molecule has 0 saturated carbocycles. The number of benzene rings is 2. The third kappa shape index (κ3) is 3.03. The summed E-state index contributed by atoms with van der Waals surface area (Å²) >= 11 is 12.1. The van der Waals surface area contributed by atoms with Crippen molar-refractivity contribution in [1.82, 2.24) is 0 Å². The number of nitrogens with two attached hydrogens (primary N) is 2. The number of carbonyl (C=O) groups excluding carboxylic acids is 1. The first-order valence-electron chi connectivity index (χ1n) is 7.29. The minimum atomic E-state index is -0.663. The molecule has 0 radical (unpaired) electrons. The number of carbonyl (C=O) groups is 1. The van der Waals surface area contributed by atoms with E-state index in [0.717, 1.165) is 16.7 Å². The van der Waals surface area contributed by atoms with Gasteiger partial charge in [0.2, 0.25) is 0 Å². The normalized spacial score (nSPS) is 17.0. The lowest BCUT2D eigenvalue weighted by Gasteiger charge is -2.07. The fourth-order valence-electron chi connectivity index (χ4n) is 2.73. The van der Waals surface area contributed by atoms with Crippen molar-refractivity contribution >= 4 is 40.5 Å². The SMILES string of the molecule is Cc1ccc2c(c1)C/C(=C(/N)C(N)=O)C2=Nc1ccc(Cl)cc1Cl. The maximum atomic E-state index is 11.6. The van der Waals surface area contributed by atoms with E-state index in [1.807, 2.05) is 19.1 Å². The smallest absolute Gasteiger partial charge is 0.264 e. The molecular weight excluding hydrogens is 345 g/mol. The van der Waals surface area contributed by atoms with Gasteiger partial charge in [-0.25, -0.2) is 4.99 Å². The second kappa shape index (κ2) is 6.30. The van der Waals surface area contributed by atoms with Crippen molar-refractivity contribution in [3.05, 3.63) is 74.4 Å². The number of fused-ring (bicyclic) bond motifs is 1. The topological polar surface area (TPSA) is 81.5 Å². The number of allylic oxidation sites excluding steroid dienone is 1. The molecule has 6 heteroatoms. The van der Waals surface area contributed by atoms with Gasteiger partial charge in [-0.3, -0.25) is 4.79 Å². The van der Waals surface area contributed by atoms with E-state index in [9.17, 15) is 4.79 Å². The van der Waals surface area contributed by atoms with Crippen molar-refractivity contribution < 1.29 is 4.79 Å². The van der Waals surface area contributed by atoms with Gasteiger partial charge in [0.15, 0.2) is 0 Å². The summed E-state index contributed by atoms with van der Waals surface area (Å²) in [5.74, 6) is -0.663. The van der Waals surface area contributed by atoms with Gasteiger partial charge < -0.3 is 11.5 Å². The summed E-state index contributed by atoms with van der Waals surface area (Å²) in [5, 5.41) is 0.950. The van der Waals surface area contributed by atoms with E-state index in [4.69, 9.17) is 34.7 Å². The van der Waals surface area contributed by atoms with Gasteiger partial charge in [-0.2, -0.15) is 0 Å². The molecule has 0 atom stereocenters. The number of rotatable bonds is 2. The van der Waals surface area contributed by atoms with Crippen molar-refractivity contribution in [2.24, 2.45) is 16.5 Å². The fourth-order valence-corrected chi connectivity index (χ4v) is 3.18. The molecule has 1 aliphatic rings. The molecule has 1 amide bonds. The van der Waals surface area contributed by atoms with Crippen LogP contribution in [0.25, 0.3) is 0 Å². The molecule has 0 spiro atoms. The largest absolute Gasteiger partial charge is 0.394 e. The highest BCUT2D eigenvalue weighted by Gasteiger charge is 2.27. The lowest BCUT2D eigenvalue weighted by Crippen LogP contribution is -2.24. The van der Waals surface area contributed by atoms with Crippen LogP contribution in [0.15, 0.2) is 52.7 Å². The van der Waals surface area contributed by atoms with Gasteiger partial charge in [-0.15, -0.1) is 0 Å². The van der Waals surface area contributed by atoms with Crippen LogP contribution in [0.1, 0.15) is 16.7 Å². The summed E-state index contributed by atoms with van der Waals surface area (Å²) < 4.78 is 0. The van der Waals surface area contributed by atoms with E-state index in [2.05, 4.69) is 11.1 Å². The number of primary amides is 1. The maximum absolute atomic E-state index is 11.6. The van der Waals surface area contributed by atoms with Gasteiger partial charge in [0, 0.05) is 22.6 Å². The third-order valence-corrected chi connectivity index (χ3v) is 4.44. The van der Waals surface area contributed by atoms with Crippen molar-refractivity contribution in [1.29, 1.82) is 0 Å². The lowest BCUT2D eigenvalue weighted by atomic mass is 10.1. The van der Waals surface area contributed by atoms with Crippen LogP contribution in [0.3, 0.4) is 0 Å². The van der Waals surface area contributed by atoms with Crippen molar-refractivity contribution in [2.45, 2.75) is 13.3 Å². The zero-order valence-corrected chi connectivity index (χ0v) is 14.4. The Hall–Kier alpha value is -2.30. The van der Waals surface area contributed by atoms with Crippen molar-refractivity contribution in [3.8, 4) is 0 Å². The summed E-state index contributed by atoms with van der Waals surface area (Å²) in [4.78, 5) is 16.2. The highest BCUT2D eigenvalue weighted by atomic mass is 35.5. The average Bonchev–Trinajstić information content (AvgIpc) is 2.86. The first-order chi connectivity index (χ1) is 11.4. The fraction of sp³-hybridized carbons (Fsp3) is 0.111. The van der Waals surface area contributed by atoms with E-state index >= 15 is 0 Å². The monoisotopic (exact) mass is 359 g/mol. The Bertz CT molecular complexity index is 916. The van der Waals surface area contributed by atoms with Gasteiger partial charge in [0.1, 0.15) is 5.70 Å². The van der Waals surface area contributed by atoms with E-state index in [-0.39, 0.29) is 5.70 Å². The van der Waals surface area contributed by atoms with E-state index in [1.54, 1.807) is 18.2 Å². The minimum absolute atomic E-state index is 0.0210. The molecule has 0 fully saturated rings. The van der Waals surface area contributed by atoms with Gasteiger partial charge in [0.05, 0.1) is 16.4 Å². The molecule has 4 N–H and O–H groups in total. The van der Waals surface area contributed by atoms with Crippen LogP contribution in [-0.4, -0.2) is 11.6 Å². The summed E-state index contributed by atoms with van der Waals surface area (Å²) in [5.41, 5.74) is 16.2. The Morgan fingerprint density at radius 3 is 2.54 bits per heavy atom. The summed E-state index contributed by atoms with van der Waals surface area (Å²) in [6.45, 7) is 2.01. The molecule has 0 bridgehead atoms. The maximum Gasteiger partial charge on any atom is 0.264 e. The van der Waals surface area contributed by atoms with Gasteiger partial charge in [-0.1, -0.05) is 47.0 Å². The lowest BCUT2D eigenvalue weighted by molar-refractivity contribution is -0.114. The summed E-state index contributed by atoms with van der Waals surface area (Å²) in [7, 11) is 0. The Morgan fingerprint density at radius 1 is 1.12 bits per heavy atom. The van der Waals surface area contributed by atoms with Crippen LogP contribution < -0.4 is 11.5 Å². The molecule has 0 heterocycles. The van der Waals surface area contributed by atoms with Crippen LogP contribution in [0.2, 0.25) is 10.0 Å². The standard InChI is InChI=1S/C18H15Cl2N3O/c1-9-2-4-12-10(6-9)7-13(16(21)18(22)24)17(12)23-15-5-3-11(19)8-14(15)20/h2-6,8H,7,21H2,1H3,(H2,22,24)/b16-13-,23-17?. The van der Waals surface area contributed by atoms with E-state index < -0.39 is 5.91 Å². The van der Waals surface area contributed by atoms with Crippen LogP contribution in [0.5, 0.6) is 0 Å². The predicted octanol–water partition coefficient (Wildman–Crippen LogP) is 3.68. The molecule has 0 aromatic heterocycles. The molecule has 1 aliphatic carbocycles. The van der Waals surface area contributed by atoms with Gasteiger partial charge >= 0.3 is 0 Å². The Morgan fingerprint density at radius 2 is 1.88 bits per heavy atom. The number of nitrogens with zero attached hydrogens (tertiary/aromatic N) is 1. The summed E-state index contributed by atoms with van der Waals surface area (Å²) in [6.07, 6.45) is 0.510. The quantitative estimate of drug-likeness (QED) is 0.801. The van der Waals surface area contributed by atoms with Crippen LogP contribution in [0, 0.1) is 6.92 Å². The third-order valence-electron chi connectivity index (χ3n) is 3.90. The number of hydrogen-bond donors (Lipinski definition) is 2. The molecule has 3 rings (SSSR count). The molecular formula is C18H15Cl2N3O. The molecule has 0 aliphatic heterocycles. The van der Waals surface area contributed by atoms with Crippen LogP contribution in [-0.2, 0) is 11.2 Å². The number of aliphatic imine (C=N–C) groups is 1. The Kier molecular flexibility index (Phi) is 4.35. The van der Waals surface area contributed by atoms with Crippen molar-refractivity contribution in [3.63, 3.8) is 0 Å². The first kappa shape index (κ1) is 16.6. The van der Waals surface area contributed by atoms with E-state index in [1.165, 1.54) is 0 Å². The Balaban J connectivity index is 2.23. The molecule has 2 aromatic rings. The van der Waals surface area contributed by atoms with Crippen molar-refractivity contribution in [2.75, 3.05) is 0 Å². The highest BCUT2D eigenvalue weighted by Crippen LogP contribution is 2.34. The first-order valence-corrected chi connectivity index (χ1v) is 8.05. The number of amides is 1. The molecule has 0 saturated heterocycles. The predicted molar refractivity (Wildman–Crippen MR) is 97.9 cm³/mol. The van der Waals surface area contributed by atoms with Gasteiger partial charge in [-0.05, 0) is 30.7 Å². The second-order valence-electron chi connectivity index (χ2n) is 5.65. The van der Waals surface area contributed by atoms with Gasteiger partial charge in [0.25, 0.3) is 5.91 Å². The van der Waals surface area contributed by atoms with E-state index in [0.29, 0.717) is 33.4 Å². The average molecular weight is 360 g/mol. The molecule has 0 unspecified atom stereocenters. The zero-order chi connectivity index (χ0) is 17.4. The number of hydrogen-bond acceptors (Lipinski definition) is 3. The summed E-state index contributed by atoms with van der Waals surface area (Å²) in [6, 6.07) is 11.1. The number of halogens is 2. The molecule has 2 aromatic carbocycles. The zero-order valence-electron chi connectivity index (χ0n) is 12.9. The van der Waals surface area contributed by atoms with Crippen LogP contribution >= 0.6 is 23.2 Å².